The summed E-state index contributed by atoms with van der Waals surface area (Å²) in [6, 6.07) is 7.35. The molecule has 4 nitrogen and oxygen atoms in total. The van der Waals surface area contributed by atoms with Crippen LogP contribution in [0.1, 0.15) is 18.9 Å². The standard InChI is InChI=1S/C12H15NO3/c1-9(14)13(2)11-5-3-4-10(8-11)6-7-12(15)16/h3-5,8H,6-7H2,1-2H3,(H,15,16). The summed E-state index contributed by atoms with van der Waals surface area (Å²) >= 11 is 0. The maximum absolute atomic E-state index is 11.2. The molecule has 0 radical (unpaired) electrons. The van der Waals surface area contributed by atoms with E-state index in [2.05, 4.69) is 0 Å². The Morgan fingerprint density at radius 2 is 2.06 bits per heavy atom. The predicted octanol–water partition coefficient (Wildman–Crippen LogP) is 1.69. The van der Waals surface area contributed by atoms with Crippen molar-refractivity contribution in [3.63, 3.8) is 0 Å². The molecule has 0 bridgehead atoms. The molecule has 0 fully saturated rings. The van der Waals surface area contributed by atoms with Crippen LogP contribution in [0, 0.1) is 0 Å². The van der Waals surface area contributed by atoms with E-state index in [0.717, 1.165) is 11.3 Å². The number of aliphatic carboxylic acids is 1. The molecule has 16 heavy (non-hydrogen) atoms. The quantitative estimate of drug-likeness (QED) is 0.841. The van der Waals surface area contributed by atoms with Crippen LogP contribution in [0.3, 0.4) is 0 Å². The van der Waals surface area contributed by atoms with E-state index in [-0.39, 0.29) is 12.3 Å². The van der Waals surface area contributed by atoms with Crippen molar-refractivity contribution >= 4 is 17.6 Å². The number of carboxylic acids is 1. The Kier molecular flexibility index (Phi) is 4.05. The first-order valence-corrected chi connectivity index (χ1v) is 5.05. The van der Waals surface area contributed by atoms with Crippen molar-refractivity contribution in [1.82, 2.24) is 0 Å². The smallest absolute Gasteiger partial charge is 0.303 e. The van der Waals surface area contributed by atoms with Gasteiger partial charge in [-0.25, -0.2) is 0 Å². The minimum Gasteiger partial charge on any atom is -0.481 e. The van der Waals surface area contributed by atoms with Gasteiger partial charge in [0.2, 0.25) is 5.91 Å². The zero-order valence-electron chi connectivity index (χ0n) is 9.43. The van der Waals surface area contributed by atoms with Crippen LogP contribution in [0.15, 0.2) is 24.3 Å². The molecule has 0 unspecified atom stereocenters. The molecule has 0 aromatic heterocycles. The molecular formula is C12H15NO3. The summed E-state index contributed by atoms with van der Waals surface area (Å²) in [7, 11) is 1.69. The van der Waals surface area contributed by atoms with Crippen molar-refractivity contribution in [3.8, 4) is 0 Å². The maximum Gasteiger partial charge on any atom is 0.303 e. The van der Waals surface area contributed by atoms with Crippen molar-refractivity contribution in [2.75, 3.05) is 11.9 Å². The molecule has 0 aliphatic carbocycles. The van der Waals surface area contributed by atoms with Crippen molar-refractivity contribution in [2.45, 2.75) is 19.8 Å². The highest BCUT2D eigenvalue weighted by atomic mass is 16.4. The largest absolute Gasteiger partial charge is 0.481 e. The molecule has 0 spiro atoms. The lowest BCUT2D eigenvalue weighted by Gasteiger charge is -2.15. The lowest BCUT2D eigenvalue weighted by atomic mass is 10.1. The van der Waals surface area contributed by atoms with Gasteiger partial charge in [0.15, 0.2) is 0 Å². The Morgan fingerprint density at radius 3 is 2.62 bits per heavy atom. The van der Waals surface area contributed by atoms with E-state index < -0.39 is 5.97 Å². The molecule has 0 saturated heterocycles. The Labute approximate surface area is 94.5 Å². The number of carboxylic acid groups (broad SMARTS) is 1. The fourth-order valence-corrected chi connectivity index (χ4v) is 1.35. The van der Waals surface area contributed by atoms with Crippen molar-refractivity contribution in [1.29, 1.82) is 0 Å². The number of carbonyl (C=O) groups excluding carboxylic acids is 1. The van der Waals surface area contributed by atoms with Crippen LogP contribution < -0.4 is 4.90 Å². The van der Waals surface area contributed by atoms with Gasteiger partial charge in [-0.1, -0.05) is 12.1 Å². The second-order valence-electron chi connectivity index (χ2n) is 3.64. The van der Waals surface area contributed by atoms with Crippen LogP contribution in [-0.2, 0) is 16.0 Å². The first-order valence-electron chi connectivity index (χ1n) is 5.05. The normalized spacial score (nSPS) is 9.88. The van der Waals surface area contributed by atoms with Gasteiger partial charge in [0.1, 0.15) is 0 Å². The number of nitrogens with zero attached hydrogens (tertiary/aromatic N) is 1. The summed E-state index contributed by atoms with van der Waals surface area (Å²) in [5, 5.41) is 8.58. The molecular weight excluding hydrogens is 206 g/mol. The van der Waals surface area contributed by atoms with Gasteiger partial charge in [-0.15, -0.1) is 0 Å². The fraction of sp³-hybridized carbons (Fsp3) is 0.333. The van der Waals surface area contributed by atoms with E-state index in [1.807, 2.05) is 24.3 Å². The summed E-state index contributed by atoms with van der Waals surface area (Å²) in [5.41, 5.74) is 1.71. The molecule has 0 heterocycles. The molecule has 0 aliphatic heterocycles. The van der Waals surface area contributed by atoms with E-state index in [9.17, 15) is 9.59 Å². The second-order valence-corrected chi connectivity index (χ2v) is 3.64. The molecule has 1 amide bonds. The lowest BCUT2D eigenvalue weighted by molar-refractivity contribution is -0.137. The topological polar surface area (TPSA) is 57.6 Å². The van der Waals surface area contributed by atoms with Crippen molar-refractivity contribution in [2.24, 2.45) is 0 Å². The van der Waals surface area contributed by atoms with Gasteiger partial charge in [0, 0.05) is 26.1 Å². The van der Waals surface area contributed by atoms with Crippen LogP contribution >= 0.6 is 0 Å². The number of benzene rings is 1. The summed E-state index contributed by atoms with van der Waals surface area (Å²) in [4.78, 5) is 23.1. The van der Waals surface area contributed by atoms with E-state index in [1.165, 1.54) is 11.8 Å². The number of hydrogen-bond acceptors (Lipinski definition) is 2. The third-order valence-electron chi connectivity index (χ3n) is 2.40. The maximum atomic E-state index is 11.2. The van der Waals surface area contributed by atoms with Gasteiger partial charge in [0.25, 0.3) is 0 Å². The Balaban J connectivity index is 2.78. The molecule has 1 aromatic carbocycles. The van der Waals surface area contributed by atoms with Gasteiger partial charge < -0.3 is 10.0 Å². The molecule has 1 aromatic rings. The number of aryl methyl sites for hydroxylation is 1. The van der Waals surface area contributed by atoms with Crippen LogP contribution in [0.2, 0.25) is 0 Å². The third-order valence-corrected chi connectivity index (χ3v) is 2.40. The molecule has 0 atom stereocenters. The SMILES string of the molecule is CC(=O)N(C)c1cccc(CCC(=O)O)c1. The lowest BCUT2D eigenvalue weighted by Crippen LogP contribution is -2.22. The average Bonchev–Trinajstić information content (AvgIpc) is 2.25. The van der Waals surface area contributed by atoms with Gasteiger partial charge >= 0.3 is 5.97 Å². The van der Waals surface area contributed by atoms with Crippen molar-refractivity contribution < 1.29 is 14.7 Å². The second kappa shape index (κ2) is 5.30. The minimum absolute atomic E-state index is 0.0459. The predicted molar refractivity (Wildman–Crippen MR) is 61.5 cm³/mol. The Morgan fingerprint density at radius 1 is 1.38 bits per heavy atom. The van der Waals surface area contributed by atoms with Crippen LogP contribution in [-0.4, -0.2) is 24.0 Å². The van der Waals surface area contributed by atoms with E-state index in [1.54, 1.807) is 7.05 Å². The first-order chi connectivity index (χ1) is 7.50. The highest BCUT2D eigenvalue weighted by Gasteiger charge is 2.06. The van der Waals surface area contributed by atoms with Gasteiger partial charge in [0.05, 0.1) is 0 Å². The van der Waals surface area contributed by atoms with E-state index in [0.29, 0.717) is 6.42 Å². The van der Waals surface area contributed by atoms with Crippen LogP contribution in [0.4, 0.5) is 5.69 Å². The molecule has 86 valence electrons. The number of anilines is 1. The van der Waals surface area contributed by atoms with E-state index >= 15 is 0 Å². The number of amides is 1. The average molecular weight is 221 g/mol. The number of hydrogen-bond donors (Lipinski definition) is 1. The van der Waals surface area contributed by atoms with Crippen molar-refractivity contribution in [3.05, 3.63) is 29.8 Å². The van der Waals surface area contributed by atoms with Gasteiger partial charge in [-0.05, 0) is 24.1 Å². The highest BCUT2D eigenvalue weighted by Crippen LogP contribution is 2.16. The Bertz CT molecular complexity index is 401. The molecule has 0 aliphatic rings. The number of carbonyl (C=O) groups is 2. The summed E-state index contributed by atoms with van der Waals surface area (Å²) in [6.45, 7) is 1.49. The zero-order chi connectivity index (χ0) is 12.1. The Hall–Kier alpha value is -1.84. The third kappa shape index (κ3) is 3.38. The summed E-state index contributed by atoms with van der Waals surface area (Å²) < 4.78 is 0. The summed E-state index contributed by atoms with van der Waals surface area (Å²) in [5.74, 6) is -0.860. The van der Waals surface area contributed by atoms with Gasteiger partial charge in [-0.2, -0.15) is 0 Å². The molecule has 0 saturated carbocycles. The highest BCUT2D eigenvalue weighted by molar-refractivity contribution is 5.90. The molecule has 1 rings (SSSR count). The van der Waals surface area contributed by atoms with Crippen LogP contribution in [0.25, 0.3) is 0 Å². The summed E-state index contributed by atoms with van der Waals surface area (Å²) in [6.07, 6.45) is 0.585. The van der Waals surface area contributed by atoms with Crippen LogP contribution in [0.5, 0.6) is 0 Å². The monoisotopic (exact) mass is 221 g/mol. The molecule has 4 heteroatoms. The zero-order valence-corrected chi connectivity index (χ0v) is 9.43. The molecule has 1 N–H and O–H groups in total. The van der Waals surface area contributed by atoms with E-state index in [4.69, 9.17) is 5.11 Å². The van der Waals surface area contributed by atoms with Gasteiger partial charge in [-0.3, -0.25) is 9.59 Å². The first kappa shape index (κ1) is 12.2. The number of rotatable bonds is 4. The minimum atomic E-state index is -0.815. The fourth-order valence-electron chi connectivity index (χ4n) is 1.35.